The average Bonchev–Trinajstić information content (AvgIpc) is 2.26. The highest BCUT2D eigenvalue weighted by Crippen LogP contribution is 2.12. The van der Waals surface area contributed by atoms with Crippen molar-refractivity contribution in [3.63, 3.8) is 0 Å². The summed E-state index contributed by atoms with van der Waals surface area (Å²) in [4.78, 5) is 24.6. The van der Waals surface area contributed by atoms with E-state index in [1.807, 2.05) is 0 Å². The van der Waals surface area contributed by atoms with Gasteiger partial charge in [0.25, 0.3) is 0 Å². The van der Waals surface area contributed by atoms with Crippen molar-refractivity contribution in [3.05, 3.63) is 24.0 Å². The van der Waals surface area contributed by atoms with E-state index in [1.165, 1.54) is 18.5 Å². The van der Waals surface area contributed by atoms with Crippen LogP contribution in [0.4, 0.5) is 0 Å². The van der Waals surface area contributed by atoms with Gasteiger partial charge in [-0.3, -0.25) is 9.78 Å². The number of carboxylic acids is 2. The van der Waals surface area contributed by atoms with Gasteiger partial charge in [0.1, 0.15) is 11.8 Å². The van der Waals surface area contributed by atoms with Crippen LogP contribution in [-0.2, 0) is 16.0 Å². The molecular weight excluding hydrogens is 228 g/mol. The molecule has 1 atom stereocenters. The van der Waals surface area contributed by atoms with E-state index in [0.717, 1.165) is 0 Å². The molecule has 0 fully saturated rings. The number of nitrogens with two attached hydrogens (primary N) is 1. The number of carbonyl (C=O) groups is 2. The predicted molar refractivity (Wildman–Crippen MR) is 56.7 cm³/mol. The molecule has 0 aliphatic heterocycles. The lowest BCUT2D eigenvalue weighted by Gasteiger charge is -2.08. The SMILES string of the molecule is N[C@@H](Cc1cncc(OCC(=O)O)c1)C(=O)O. The standard InChI is InChI=1S/C10H12N2O5/c11-8(10(15)16)2-6-1-7(4-12-3-6)17-5-9(13)14/h1,3-4,8H,2,5,11H2,(H,13,14)(H,15,16)/t8-/m0/s1. The van der Waals surface area contributed by atoms with E-state index in [0.29, 0.717) is 5.56 Å². The van der Waals surface area contributed by atoms with Crippen LogP contribution in [0, 0.1) is 0 Å². The van der Waals surface area contributed by atoms with Gasteiger partial charge in [0, 0.05) is 6.20 Å². The Kier molecular flexibility index (Phi) is 4.41. The van der Waals surface area contributed by atoms with Crippen LogP contribution in [-0.4, -0.2) is 39.8 Å². The van der Waals surface area contributed by atoms with Crippen LogP contribution in [0.1, 0.15) is 5.56 Å². The minimum Gasteiger partial charge on any atom is -0.480 e. The zero-order valence-corrected chi connectivity index (χ0v) is 8.87. The van der Waals surface area contributed by atoms with Gasteiger partial charge >= 0.3 is 11.9 Å². The Morgan fingerprint density at radius 2 is 2.12 bits per heavy atom. The zero-order chi connectivity index (χ0) is 12.8. The second-order valence-electron chi connectivity index (χ2n) is 3.36. The molecule has 1 heterocycles. The lowest BCUT2D eigenvalue weighted by atomic mass is 10.1. The molecule has 7 heteroatoms. The first-order valence-corrected chi connectivity index (χ1v) is 4.76. The number of rotatable bonds is 6. The molecule has 0 spiro atoms. The maximum absolute atomic E-state index is 10.5. The number of hydrogen-bond donors (Lipinski definition) is 3. The monoisotopic (exact) mass is 240 g/mol. The van der Waals surface area contributed by atoms with Gasteiger partial charge in [0.15, 0.2) is 6.61 Å². The molecule has 1 aromatic heterocycles. The Labute approximate surface area is 96.8 Å². The van der Waals surface area contributed by atoms with Gasteiger partial charge in [-0.1, -0.05) is 0 Å². The van der Waals surface area contributed by atoms with Crippen molar-refractivity contribution in [2.75, 3.05) is 6.61 Å². The number of nitrogens with zero attached hydrogens (tertiary/aromatic N) is 1. The fourth-order valence-electron chi connectivity index (χ4n) is 1.14. The van der Waals surface area contributed by atoms with Crippen LogP contribution in [0.25, 0.3) is 0 Å². The molecule has 0 aliphatic rings. The van der Waals surface area contributed by atoms with Crippen molar-refractivity contribution in [1.29, 1.82) is 0 Å². The molecule has 1 aromatic rings. The predicted octanol–water partition coefficient (Wildman–Crippen LogP) is -0.501. The molecular formula is C10H12N2O5. The van der Waals surface area contributed by atoms with E-state index in [2.05, 4.69) is 4.98 Å². The van der Waals surface area contributed by atoms with Gasteiger partial charge < -0.3 is 20.7 Å². The molecule has 1 rings (SSSR count). The number of hydrogen-bond acceptors (Lipinski definition) is 5. The largest absolute Gasteiger partial charge is 0.480 e. The molecule has 0 bridgehead atoms. The third-order valence-corrected chi connectivity index (χ3v) is 1.90. The van der Waals surface area contributed by atoms with E-state index in [4.69, 9.17) is 20.7 Å². The summed E-state index contributed by atoms with van der Waals surface area (Å²) in [5.41, 5.74) is 5.93. The lowest BCUT2D eigenvalue weighted by molar-refractivity contribution is -0.139. The third-order valence-electron chi connectivity index (χ3n) is 1.90. The normalized spacial score (nSPS) is 11.8. The summed E-state index contributed by atoms with van der Waals surface area (Å²) in [7, 11) is 0. The number of carboxylic acid groups (broad SMARTS) is 2. The molecule has 92 valence electrons. The van der Waals surface area contributed by atoms with Gasteiger partial charge in [0.05, 0.1) is 6.20 Å². The summed E-state index contributed by atoms with van der Waals surface area (Å²) in [5.74, 6) is -1.94. The maximum Gasteiger partial charge on any atom is 0.341 e. The van der Waals surface area contributed by atoms with Crippen LogP contribution in [0.15, 0.2) is 18.5 Å². The highest BCUT2D eigenvalue weighted by Gasteiger charge is 2.12. The van der Waals surface area contributed by atoms with Gasteiger partial charge in [-0.05, 0) is 18.1 Å². The Balaban J connectivity index is 2.65. The summed E-state index contributed by atoms with van der Waals surface area (Å²) in [6.07, 6.45) is 2.90. The van der Waals surface area contributed by atoms with E-state index >= 15 is 0 Å². The number of pyridine rings is 1. The van der Waals surface area contributed by atoms with E-state index < -0.39 is 24.6 Å². The number of aliphatic carboxylic acids is 2. The van der Waals surface area contributed by atoms with Crippen LogP contribution >= 0.6 is 0 Å². The van der Waals surface area contributed by atoms with Crippen molar-refractivity contribution in [2.45, 2.75) is 12.5 Å². The van der Waals surface area contributed by atoms with Crippen molar-refractivity contribution in [1.82, 2.24) is 4.98 Å². The van der Waals surface area contributed by atoms with Gasteiger partial charge in [-0.25, -0.2) is 4.79 Å². The fourth-order valence-corrected chi connectivity index (χ4v) is 1.14. The number of ether oxygens (including phenoxy) is 1. The van der Waals surface area contributed by atoms with Gasteiger partial charge in [-0.2, -0.15) is 0 Å². The summed E-state index contributed by atoms with van der Waals surface area (Å²) in [6, 6.07) is 0.491. The van der Waals surface area contributed by atoms with Crippen LogP contribution < -0.4 is 10.5 Å². The highest BCUT2D eigenvalue weighted by molar-refractivity contribution is 5.73. The van der Waals surface area contributed by atoms with Crippen LogP contribution in [0.3, 0.4) is 0 Å². The van der Waals surface area contributed by atoms with E-state index in [-0.39, 0.29) is 12.2 Å². The van der Waals surface area contributed by atoms with E-state index in [1.54, 1.807) is 0 Å². The van der Waals surface area contributed by atoms with Crippen molar-refractivity contribution < 1.29 is 24.5 Å². The van der Waals surface area contributed by atoms with Crippen LogP contribution in [0.5, 0.6) is 5.75 Å². The molecule has 0 unspecified atom stereocenters. The molecule has 7 nitrogen and oxygen atoms in total. The van der Waals surface area contributed by atoms with Gasteiger partial charge in [0.2, 0.25) is 0 Å². The van der Waals surface area contributed by atoms with Crippen molar-refractivity contribution in [2.24, 2.45) is 5.73 Å². The second kappa shape index (κ2) is 5.80. The summed E-state index contributed by atoms with van der Waals surface area (Å²) in [5, 5.41) is 17.1. The molecule has 17 heavy (non-hydrogen) atoms. The fraction of sp³-hybridized carbons (Fsp3) is 0.300. The summed E-state index contributed by atoms with van der Waals surface area (Å²) in [6.45, 7) is -0.476. The molecule has 0 saturated heterocycles. The summed E-state index contributed by atoms with van der Waals surface area (Å²) >= 11 is 0. The first kappa shape index (κ1) is 12.9. The highest BCUT2D eigenvalue weighted by atomic mass is 16.5. The first-order chi connectivity index (χ1) is 7.99. The van der Waals surface area contributed by atoms with Crippen molar-refractivity contribution in [3.8, 4) is 5.75 Å². The molecule has 0 saturated carbocycles. The molecule has 0 amide bonds. The van der Waals surface area contributed by atoms with Crippen LogP contribution in [0.2, 0.25) is 0 Å². The third kappa shape index (κ3) is 4.47. The smallest absolute Gasteiger partial charge is 0.341 e. The molecule has 4 N–H and O–H groups in total. The quantitative estimate of drug-likeness (QED) is 0.612. The Morgan fingerprint density at radius 3 is 2.71 bits per heavy atom. The maximum atomic E-state index is 10.5. The van der Waals surface area contributed by atoms with Gasteiger partial charge in [-0.15, -0.1) is 0 Å². The topological polar surface area (TPSA) is 123 Å². The molecule has 0 aliphatic carbocycles. The molecule has 0 aromatic carbocycles. The summed E-state index contributed by atoms with van der Waals surface area (Å²) < 4.78 is 4.90. The average molecular weight is 240 g/mol. The number of aromatic nitrogens is 1. The second-order valence-corrected chi connectivity index (χ2v) is 3.36. The Morgan fingerprint density at radius 1 is 1.41 bits per heavy atom. The minimum atomic E-state index is -1.11. The zero-order valence-electron chi connectivity index (χ0n) is 8.87. The lowest BCUT2D eigenvalue weighted by Crippen LogP contribution is -2.32. The Bertz CT molecular complexity index is 421. The van der Waals surface area contributed by atoms with E-state index in [9.17, 15) is 9.59 Å². The minimum absolute atomic E-state index is 0.104. The Hall–Kier alpha value is -2.15. The molecule has 0 radical (unpaired) electrons. The first-order valence-electron chi connectivity index (χ1n) is 4.76. The van der Waals surface area contributed by atoms with Crippen molar-refractivity contribution >= 4 is 11.9 Å².